The summed E-state index contributed by atoms with van der Waals surface area (Å²) < 4.78 is 5.41. The van der Waals surface area contributed by atoms with E-state index in [9.17, 15) is 9.59 Å². The third-order valence-electron chi connectivity index (χ3n) is 4.06. The first-order valence-corrected chi connectivity index (χ1v) is 6.40. The van der Waals surface area contributed by atoms with Crippen molar-refractivity contribution in [1.82, 2.24) is 10.2 Å². The fourth-order valence-electron chi connectivity index (χ4n) is 2.63. The molecule has 1 saturated carbocycles. The molecule has 1 atom stereocenters. The van der Waals surface area contributed by atoms with E-state index >= 15 is 0 Å². The van der Waals surface area contributed by atoms with Crippen LogP contribution in [0.1, 0.15) is 32.1 Å². The number of aliphatic carboxylic acids is 1. The molecule has 6 nitrogen and oxygen atoms in total. The molecule has 0 radical (unpaired) electrons. The van der Waals surface area contributed by atoms with Crippen molar-refractivity contribution in [3.8, 4) is 0 Å². The van der Waals surface area contributed by atoms with Gasteiger partial charge in [-0.05, 0) is 32.1 Å². The summed E-state index contributed by atoms with van der Waals surface area (Å²) >= 11 is 0. The highest BCUT2D eigenvalue weighted by atomic mass is 16.5. The molecule has 0 spiro atoms. The number of ether oxygens (including phenoxy) is 1. The van der Waals surface area contributed by atoms with Crippen LogP contribution in [-0.4, -0.2) is 53.8 Å². The zero-order valence-electron chi connectivity index (χ0n) is 10.6. The zero-order chi connectivity index (χ0) is 13.2. The van der Waals surface area contributed by atoms with Crippen LogP contribution in [0.4, 0.5) is 4.79 Å². The number of carboxylic acid groups (broad SMARTS) is 1. The average Bonchev–Trinajstić information content (AvgIpc) is 2.76. The Labute approximate surface area is 106 Å². The first kappa shape index (κ1) is 13.1. The Morgan fingerprint density at radius 1 is 1.44 bits per heavy atom. The van der Waals surface area contributed by atoms with Gasteiger partial charge in [-0.15, -0.1) is 0 Å². The Morgan fingerprint density at radius 2 is 2.17 bits per heavy atom. The Kier molecular flexibility index (Phi) is 3.75. The van der Waals surface area contributed by atoms with Gasteiger partial charge in [-0.3, -0.25) is 0 Å². The van der Waals surface area contributed by atoms with Crippen LogP contribution in [0.5, 0.6) is 0 Å². The summed E-state index contributed by atoms with van der Waals surface area (Å²) in [6.45, 7) is 0.980. The standard InChI is InChI=1S/C12H20N2O4/c1-18-12(5-3-6-12)8-13-11(17)14-7-2-4-9(14)10(15)16/h9H,2-8H2,1H3,(H,13,17)(H,15,16)/t9-/m1/s1. The number of nitrogens with zero attached hydrogens (tertiary/aromatic N) is 1. The average molecular weight is 256 g/mol. The van der Waals surface area contributed by atoms with E-state index in [0.717, 1.165) is 25.7 Å². The van der Waals surface area contributed by atoms with Crippen LogP contribution in [0.25, 0.3) is 0 Å². The minimum atomic E-state index is -0.923. The fourth-order valence-corrected chi connectivity index (χ4v) is 2.63. The molecule has 2 N–H and O–H groups in total. The summed E-state index contributed by atoms with van der Waals surface area (Å²) in [7, 11) is 1.65. The molecule has 1 heterocycles. The van der Waals surface area contributed by atoms with Crippen molar-refractivity contribution in [3.05, 3.63) is 0 Å². The van der Waals surface area contributed by atoms with Gasteiger partial charge in [-0.1, -0.05) is 0 Å². The lowest BCUT2D eigenvalue weighted by molar-refractivity contribution is -0.141. The molecule has 0 aromatic heterocycles. The molecule has 6 heteroatoms. The van der Waals surface area contributed by atoms with Gasteiger partial charge in [0, 0.05) is 20.2 Å². The van der Waals surface area contributed by atoms with E-state index in [2.05, 4.69) is 5.32 Å². The van der Waals surface area contributed by atoms with Crippen molar-refractivity contribution >= 4 is 12.0 Å². The van der Waals surface area contributed by atoms with Crippen molar-refractivity contribution in [1.29, 1.82) is 0 Å². The van der Waals surface area contributed by atoms with Crippen molar-refractivity contribution in [2.45, 2.75) is 43.7 Å². The molecule has 1 aliphatic heterocycles. The van der Waals surface area contributed by atoms with Gasteiger partial charge in [0.05, 0.1) is 5.60 Å². The van der Waals surface area contributed by atoms with Gasteiger partial charge in [0.15, 0.2) is 0 Å². The van der Waals surface area contributed by atoms with Gasteiger partial charge in [0.25, 0.3) is 0 Å². The van der Waals surface area contributed by atoms with E-state index in [-0.39, 0.29) is 11.6 Å². The van der Waals surface area contributed by atoms with Crippen LogP contribution in [0.15, 0.2) is 0 Å². The monoisotopic (exact) mass is 256 g/mol. The summed E-state index contributed by atoms with van der Waals surface area (Å²) in [5.74, 6) is -0.923. The molecule has 0 unspecified atom stereocenters. The fraction of sp³-hybridized carbons (Fsp3) is 0.833. The molecule has 2 aliphatic rings. The van der Waals surface area contributed by atoms with Crippen LogP contribution in [0.2, 0.25) is 0 Å². The largest absolute Gasteiger partial charge is 0.480 e. The van der Waals surface area contributed by atoms with Crippen molar-refractivity contribution in [2.24, 2.45) is 0 Å². The van der Waals surface area contributed by atoms with Crippen LogP contribution in [0.3, 0.4) is 0 Å². The van der Waals surface area contributed by atoms with Crippen LogP contribution in [-0.2, 0) is 9.53 Å². The SMILES string of the molecule is COC1(CNC(=O)N2CCC[C@@H]2C(=O)O)CCC1. The predicted octanol–water partition coefficient (Wildman–Crippen LogP) is 0.814. The molecular weight excluding hydrogens is 236 g/mol. The van der Waals surface area contributed by atoms with Crippen molar-refractivity contribution in [3.63, 3.8) is 0 Å². The summed E-state index contributed by atoms with van der Waals surface area (Å²) in [5.41, 5.74) is -0.228. The summed E-state index contributed by atoms with van der Waals surface area (Å²) in [6.07, 6.45) is 4.31. The molecule has 0 aromatic rings. The number of hydrogen-bond acceptors (Lipinski definition) is 3. The van der Waals surface area contributed by atoms with Gasteiger partial charge in [0.1, 0.15) is 6.04 Å². The van der Waals surface area contributed by atoms with Crippen LogP contribution < -0.4 is 5.32 Å². The van der Waals surface area contributed by atoms with Crippen molar-refractivity contribution in [2.75, 3.05) is 20.2 Å². The summed E-state index contributed by atoms with van der Waals surface area (Å²) in [4.78, 5) is 24.4. The maximum atomic E-state index is 12.0. The molecule has 2 rings (SSSR count). The zero-order valence-corrected chi connectivity index (χ0v) is 10.6. The normalized spacial score (nSPS) is 25.6. The maximum Gasteiger partial charge on any atom is 0.326 e. The molecule has 102 valence electrons. The second-order valence-electron chi connectivity index (χ2n) is 5.09. The number of amides is 2. The lowest BCUT2D eigenvalue weighted by Gasteiger charge is -2.40. The van der Waals surface area contributed by atoms with E-state index in [1.165, 1.54) is 4.90 Å². The Morgan fingerprint density at radius 3 is 2.67 bits per heavy atom. The molecule has 0 bridgehead atoms. The second kappa shape index (κ2) is 5.14. The molecule has 18 heavy (non-hydrogen) atoms. The number of carboxylic acids is 1. The van der Waals surface area contributed by atoms with E-state index in [1.54, 1.807) is 7.11 Å². The van der Waals surface area contributed by atoms with E-state index in [4.69, 9.17) is 9.84 Å². The van der Waals surface area contributed by atoms with Gasteiger partial charge >= 0.3 is 12.0 Å². The van der Waals surface area contributed by atoms with Gasteiger partial charge in [0.2, 0.25) is 0 Å². The number of likely N-dealkylation sites (tertiary alicyclic amines) is 1. The van der Waals surface area contributed by atoms with Gasteiger partial charge in [-0.2, -0.15) is 0 Å². The molecule has 2 amide bonds. The first-order valence-electron chi connectivity index (χ1n) is 6.40. The predicted molar refractivity (Wildman–Crippen MR) is 64.4 cm³/mol. The lowest BCUT2D eigenvalue weighted by Crippen LogP contribution is -2.53. The summed E-state index contributed by atoms with van der Waals surface area (Å²) in [6, 6.07) is -0.965. The highest BCUT2D eigenvalue weighted by Gasteiger charge is 2.39. The molecule has 0 aromatic carbocycles. The number of nitrogens with one attached hydrogen (secondary N) is 1. The number of methoxy groups -OCH3 is 1. The minimum absolute atomic E-state index is 0.228. The highest BCUT2D eigenvalue weighted by molar-refractivity contribution is 5.83. The molecule has 1 aliphatic carbocycles. The third kappa shape index (κ3) is 2.43. The number of urea groups is 1. The second-order valence-corrected chi connectivity index (χ2v) is 5.09. The first-order chi connectivity index (χ1) is 8.58. The van der Waals surface area contributed by atoms with Crippen LogP contribution in [0, 0.1) is 0 Å². The Hall–Kier alpha value is -1.30. The van der Waals surface area contributed by atoms with Gasteiger partial charge < -0.3 is 20.1 Å². The van der Waals surface area contributed by atoms with Crippen molar-refractivity contribution < 1.29 is 19.4 Å². The topological polar surface area (TPSA) is 78.9 Å². The lowest BCUT2D eigenvalue weighted by atomic mass is 9.80. The highest BCUT2D eigenvalue weighted by Crippen LogP contribution is 2.34. The van der Waals surface area contributed by atoms with Crippen LogP contribution >= 0.6 is 0 Å². The smallest absolute Gasteiger partial charge is 0.326 e. The molecule has 2 fully saturated rings. The van der Waals surface area contributed by atoms with E-state index < -0.39 is 12.0 Å². The van der Waals surface area contributed by atoms with E-state index in [1.807, 2.05) is 0 Å². The number of carbonyl (C=O) groups excluding carboxylic acids is 1. The number of carbonyl (C=O) groups is 2. The maximum absolute atomic E-state index is 12.0. The quantitative estimate of drug-likeness (QED) is 0.780. The van der Waals surface area contributed by atoms with Gasteiger partial charge in [-0.25, -0.2) is 9.59 Å². The minimum Gasteiger partial charge on any atom is -0.480 e. The van der Waals surface area contributed by atoms with E-state index in [0.29, 0.717) is 19.5 Å². The number of hydrogen-bond donors (Lipinski definition) is 2. The molecular formula is C12H20N2O4. The number of rotatable bonds is 4. The third-order valence-corrected chi connectivity index (χ3v) is 4.06. The molecule has 1 saturated heterocycles. The summed E-state index contributed by atoms with van der Waals surface area (Å²) in [5, 5.41) is 11.8. The Bertz CT molecular complexity index is 335. The Balaban J connectivity index is 1.86.